The van der Waals surface area contributed by atoms with Crippen LogP contribution in [0, 0.1) is 0 Å². The van der Waals surface area contributed by atoms with Crippen LogP contribution in [0.1, 0.15) is 39.0 Å². The van der Waals surface area contributed by atoms with Crippen LogP contribution in [0.3, 0.4) is 0 Å². The van der Waals surface area contributed by atoms with Crippen molar-refractivity contribution in [3.63, 3.8) is 0 Å². The highest BCUT2D eigenvalue weighted by molar-refractivity contribution is 5.78. The number of nitrogens with one attached hydrogen (secondary N) is 1. The van der Waals surface area contributed by atoms with Gasteiger partial charge in [-0.1, -0.05) is 19.3 Å². The largest absolute Gasteiger partial charge is 0.380 e. The molecule has 1 rings (SSSR count). The number of nitrogens with zero attached hydrogens (tertiary/aromatic N) is 1. The Labute approximate surface area is 92.3 Å². The van der Waals surface area contributed by atoms with Gasteiger partial charge in [0.2, 0.25) is 0 Å². The smallest absolute Gasteiger partial charge is 0.188 e. The van der Waals surface area contributed by atoms with Crippen LogP contribution in [-0.4, -0.2) is 31.8 Å². The number of aliphatic imine (C=N–C) groups is 1. The highest BCUT2D eigenvalue weighted by Gasteiger charge is 2.12. The molecule has 0 aliphatic heterocycles. The van der Waals surface area contributed by atoms with Gasteiger partial charge in [0.1, 0.15) is 0 Å². The topological polar surface area (TPSA) is 59.6 Å². The van der Waals surface area contributed by atoms with Gasteiger partial charge in [0, 0.05) is 12.6 Å². The van der Waals surface area contributed by atoms with E-state index < -0.39 is 0 Å². The first kappa shape index (κ1) is 12.3. The third kappa shape index (κ3) is 5.62. The minimum Gasteiger partial charge on any atom is -0.380 e. The predicted molar refractivity (Wildman–Crippen MR) is 63.0 cm³/mol. The lowest BCUT2D eigenvalue weighted by Gasteiger charge is -2.23. The molecular weight excluding hydrogens is 190 g/mol. The molecule has 0 aromatic heterocycles. The van der Waals surface area contributed by atoms with E-state index in [0.717, 1.165) is 6.61 Å². The summed E-state index contributed by atoms with van der Waals surface area (Å²) in [5, 5.41) is 3.27. The van der Waals surface area contributed by atoms with Crippen molar-refractivity contribution in [1.29, 1.82) is 0 Å². The first-order chi connectivity index (χ1) is 7.33. The second kappa shape index (κ2) is 7.51. The fraction of sp³-hybridized carbons (Fsp3) is 0.909. The predicted octanol–water partition coefficient (Wildman–Crippen LogP) is 1.26. The van der Waals surface area contributed by atoms with Gasteiger partial charge in [-0.05, 0) is 19.8 Å². The van der Waals surface area contributed by atoms with Gasteiger partial charge in [-0.3, -0.25) is 4.99 Å². The number of ether oxygens (including phenoxy) is 1. The van der Waals surface area contributed by atoms with Gasteiger partial charge in [-0.25, -0.2) is 0 Å². The second-order valence-electron chi connectivity index (χ2n) is 3.94. The Morgan fingerprint density at radius 3 is 2.80 bits per heavy atom. The van der Waals surface area contributed by atoms with E-state index in [0.29, 0.717) is 25.2 Å². The molecule has 0 saturated heterocycles. The van der Waals surface area contributed by atoms with Crippen molar-refractivity contribution in [1.82, 2.24) is 5.32 Å². The molecule has 0 bridgehead atoms. The second-order valence-corrected chi connectivity index (χ2v) is 3.94. The summed E-state index contributed by atoms with van der Waals surface area (Å²) in [6.45, 7) is 4.03. The molecule has 0 aromatic carbocycles. The maximum Gasteiger partial charge on any atom is 0.188 e. The summed E-state index contributed by atoms with van der Waals surface area (Å²) in [5.74, 6) is 0.571. The van der Waals surface area contributed by atoms with Crippen LogP contribution in [0.2, 0.25) is 0 Å². The maximum atomic E-state index is 5.77. The summed E-state index contributed by atoms with van der Waals surface area (Å²) in [6, 6.07) is 0.537. The minimum absolute atomic E-state index is 0.537. The molecule has 0 aromatic rings. The average Bonchev–Trinajstić information content (AvgIpc) is 2.26. The number of hydrogen-bond acceptors (Lipinski definition) is 2. The molecule has 0 atom stereocenters. The van der Waals surface area contributed by atoms with E-state index in [2.05, 4.69) is 10.3 Å². The summed E-state index contributed by atoms with van der Waals surface area (Å²) >= 11 is 0. The van der Waals surface area contributed by atoms with E-state index in [1.54, 1.807) is 0 Å². The molecule has 4 heteroatoms. The van der Waals surface area contributed by atoms with E-state index in [-0.39, 0.29) is 0 Å². The van der Waals surface area contributed by atoms with Crippen LogP contribution in [0.4, 0.5) is 0 Å². The first-order valence-electron chi connectivity index (χ1n) is 5.97. The molecule has 1 fully saturated rings. The van der Waals surface area contributed by atoms with Crippen LogP contribution in [-0.2, 0) is 4.74 Å². The third-order valence-electron chi connectivity index (χ3n) is 2.68. The van der Waals surface area contributed by atoms with Crippen LogP contribution in [0.25, 0.3) is 0 Å². The van der Waals surface area contributed by atoms with Gasteiger partial charge < -0.3 is 15.8 Å². The molecule has 88 valence electrons. The van der Waals surface area contributed by atoms with Crippen molar-refractivity contribution in [2.24, 2.45) is 10.7 Å². The summed E-state index contributed by atoms with van der Waals surface area (Å²) in [4.78, 5) is 4.21. The molecule has 4 nitrogen and oxygen atoms in total. The Bertz CT molecular complexity index is 188. The van der Waals surface area contributed by atoms with E-state index in [1.807, 2.05) is 6.92 Å². The van der Waals surface area contributed by atoms with Gasteiger partial charge in [-0.2, -0.15) is 0 Å². The Kier molecular flexibility index (Phi) is 6.16. The summed E-state index contributed by atoms with van der Waals surface area (Å²) in [6.07, 6.45) is 6.43. The van der Waals surface area contributed by atoms with Gasteiger partial charge in [0.05, 0.1) is 13.2 Å². The van der Waals surface area contributed by atoms with Crippen molar-refractivity contribution in [2.75, 3.05) is 19.8 Å². The zero-order valence-electron chi connectivity index (χ0n) is 9.67. The van der Waals surface area contributed by atoms with Crippen LogP contribution >= 0.6 is 0 Å². The zero-order chi connectivity index (χ0) is 10.9. The van der Waals surface area contributed by atoms with Crippen LogP contribution < -0.4 is 11.1 Å². The Hall–Kier alpha value is -0.770. The van der Waals surface area contributed by atoms with Crippen molar-refractivity contribution in [3.05, 3.63) is 0 Å². The molecule has 1 aliphatic rings. The Balaban J connectivity index is 2.12. The van der Waals surface area contributed by atoms with E-state index in [1.165, 1.54) is 32.1 Å². The molecule has 0 radical (unpaired) electrons. The lowest BCUT2D eigenvalue weighted by molar-refractivity contribution is 0.155. The van der Waals surface area contributed by atoms with Crippen molar-refractivity contribution < 1.29 is 4.74 Å². The molecular formula is C11H23N3O. The van der Waals surface area contributed by atoms with Crippen LogP contribution in [0.5, 0.6) is 0 Å². The van der Waals surface area contributed by atoms with Gasteiger partial charge in [0.25, 0.3) is 0 Å². The van der Waals surface area contributed by atoms with E-state index >= 15 is 0 Å². The van der Waals surface area contributed by atoms with Crippen molar-refractivity contribution >= 4 is 5.96 Å². The quantitative estimate of drug-likeness (QED) is 0.410. The van der Waals surface area contributed by atoms with Gasteiger partial charge >= 0.3 is 0 Å². The molecule has 1 saturated carbocycles. The normalized spacial score (nSPS) is 19.1. The third-order valence-corrected chi connectivity index (χ3v) is 2.68. The summed E-state index contributed by atoms with van der Waals surface area (Å²) < 4.78 is 5.18. The number of guanidine groups is 1. The van der Waals surface area contributed by atoms with E-state index in [9.17, 15) is 0 Å². The fourth-order valence-electron chi connectivity index (χ4n) is 1.88. The number of hydrogen-bond donors (Lipinski definition) is 2. The van der Waals surface area contributed by atoms with Crippen molar-refractivity contribution in [2.45, 2.75) is 45.1 Å². The SMILES string of the molecule is CCOCCN=C(N)NC1CCCCC1. The Morgan fingerprint density at radius 1 is 1.40 bits per heavy atom. The zero-order valence-corrected chi connectivity index (χ0v) is 9.67. The van der Waals surface area contributed by atoms with E-state index in [4.69, 9.17) is 10.5 Å². The molecule has 3 N–H and O–H groups in total. The van der Waals surface area contributed by atoms with Crippen molar-refractivity contribution in [3.8, 4) is 0 Å². The lowest BCUT2D eigenvalue weighted by Crippen LogP contribution is -2.41. The molecule has 1 aliphatic carbocycles. The Morgan fingerprint density at radius 2 is 2.13 bits per heavy atom. The molecule has 0 unspecified atom stereocenters. The number of rotatable bonds is 5. The lowest BCUT2D eigenvalue weighted by atomic mass is 9.96. The molecule has 0 heterocycles. The highest BCUT2D eigenvalue weighted by Crippen LogP contribution is 2.16. The first-order valence-corrected chi connectivity index (χ1v) is 5.97. The monoisotopic (exact) mass is 213 g/mol. The standard InChI is InChI=1S/C11H23N3O/c1-2-15-9-8-13-11(12)14-10-6-4-3-5-7-10/h10H,2-9H2,1H3,(H3,12,13,14). The average molecular weight is 213 g/mol. The fourth-order valence-corrected chi connectivity index (χ4v) is 1.88. The molecule has 0 amide bonds. The minimum atomic E-state index is 0.537. The van der Waals surface area contributed by atoms with Gasteiger partial charge in [0.15, 0.2) is 5.96 Å². The molecule has 15 heavy (non-hydrogen) atoms. The maximum absolute atomic E-state index is 5.77. The van der Waals surface area contributed by atoms with Gasteiger partial charge in [-0.15, -0.1) is 0 Å². The summed E-state index contributed by atoms with van der Waals surface area (Å²) in [5.41, 5.74) is 5.77. The van der Waals surface area contributed by atoms with Crippen LogP contribution in [0.15, 0.2) is 4.99 Å². The molecule has 0 spiro atoms. The number of nitrogens with two attached hydrogens (primary N) is 1. The summed E-state index contributed by atoms with van der Waals surface area (Å²) in [7, 11) is 0. The highest BCUT2D eigenvalue weighted by atomic mass is 16.5.